The van der Waals surface area contributed by atoms with Gasteiger partial charge in [-0.3, -0.25) is 9.67 Å². The van der Waals surface area contributed by atoms with E-state index >= 15 is 0 Å². The maximum Gasteiger partial charge on any atom is 0.490 e. The van der Waals surface area contributed by atoms with E-state index in [1.54, 1.807) is 0 Å². The third-order valence-corrected chi connectivity index (χ3v) is 3.35. The van der Waals surface area contributed by atoms with Gasteiger partial charge in [0.15, 0.2) is 0 Å². The Morgan fingerprint density at radius 3 is 2.38 bits per heavy atom. The third kappa shape index (κ3) is 5.34. The van der Waals surface area contributed by atoms with Crippen LogP contribution in [0.1, 0.15) is 35.6 Å². The fraction of sp³-hybridized carbons (Fsp3) is 0.400. The van der Waals surface area contributed by atoms with Gasteiger partial charge in [-0.15, -0.1) is 0 Å². The van der Waals surface area contributed by atoms with Crippen molar-refractivity contribution in [2.75, 3.05) is 0 Å². The summed E-state index contributed by atoms with van der Waals surface area (Å²) in [6.07, 6.45) is 3.26. The molecule has 2 aromatic rings. The second-order valence-electron chi connectivity index (χ2n) is 5.42. The molecule has 24 heavy (non-hydrogen) atoms. The molecule has 1 fully saturated rings. The predicted molar refractivity (Wildman–Crippen MR) is 79.1 cm³/mol. The second-order valence-corrected chi connectivity index (χ2v) is 5.42. The van der Waals surface area contributed by atoms with Crippen LogP contribution in [0.5, 0.6) is 0 Å². The van der Waals surface area contributed by atoms with Crippen LogP contribution in [0.15, 0.2) is 30.7 Å². The van der Waals surface area contributed by atoms with Gasteiger partial charge >= 0.3 is 12.1 Å². The molecule has 0 spiro atoms. The van der Waals surface area contributed by atoms with E-state index in [0.29, 0.717) is 6.54 Å². The SMILES string of the molecule is NCc1cnn(Cc2ccc(C3CC3)nc2)c1.O=C(O)C(F)(F)F. The van der Waals surface area contributed by atoms with Crippen molar-refractivity contribution >= 4 is 5.97 Å². The lowest BCUT2D eigenvalue weighted by atomic mass is 10.2. The molecule has 2 heterocycles. The van der Waals surface area contributed by atoms with Crippen LogP contribution in [0, 0.1) is 0 Å². The first kappa shape index (κ1) is 17.9. The molecule has 0 aromatic carbocycles. The summed E-state index contributed by atoms with van der Waals surface area (Å²) in [4.78, 5) is 13.4. The van der Waals surface area contributed by atoms with Crippen LogP contribution in [0.4, 0.5) is 13.2 Å². The maximum absolute atomic E-state index is 10.6. The molecule has 0 atom stereocenters. The van der Waals surface area contributed by atoms with Crippen molar-refractivity contribution < 1.29 is 23.1 Å². The second kappa shape index (κ2) is 7.43. The van der Waals surface area contributed by atoms with E-state index in [1.165, 1.54) is 24.1 Å². The molecule has 6 nitrogen and oxygen atoms in total. The van der Waals surface area contributed by atoms with Crippen molar-refractivity contribution in [2.24, 2.45) is 5.73 Å². The summed E-state index contributed by atoms with van der Waals surface area (Å²) in [5.74, 6) is -2.04. The lowest BCUT2D eigenvalue weighted by molar-refractivity contribution is -0.192. The molecule has 9 heteroatoms. The Kier molecular flexibility index (Phi) is 5.55. The number of nitrogens with two attached hydrogens (primary N) is 1. The average Bonchev–Trinajstić information content (AvgIpc) is 3.28. The number of rotatable bonds is 4. The van der Waals surface area contributed by atoms with Gasteiger partial charge in [0.05, 0.1) is 12.7 Å². The monoisotopic (exact) mass is 342 g/mol. The molecule has 1 saturated carbocycles. The molecular weight excluding hydrogens is 325 g/mol. The number of carbonyl (C=O) groups is 1. The Hall–Kier alpha value is -2.42. The minimum Gasteiger partial charge on any atom is -0.475 e. The predicted octanol–water partition coefficient (Wildman–Crippen LogP) is 2.30. The number of hydrogen-bond acceptors (Lipinski definition) is 4. The number of nitrogens with zero attached hydrogens (tertiary/aromatic N) is 3. The summed E-state index contributed by atoms with van der Waals surface area (Å²) in [6.45, 7) is 1.30. The van der Waals surface area contributed by atoms with Gasteiger partial charge in [-0.1, -0.05) is 6.07 Å². The Bertz CT molecular complexity index is 679. The first-order chi connectivity index (χ1) is 11.3. The zero-order valence-corrected chi connectivity index (χ0v) is 12.7. The highest BCUT2D eigenvalue weighted by molar-refractivity contribution is 5.73. The summed E-state index contributed by atoms with van der Waals surface area (Å²) >= 11 is 0. The number of carboxylic acid groups (broad SMARTS) is 1. The molecule has 0 radical (unpaired) electrons. The molecule has 0 bridgehead atoms. The third-order valence-electron chi connectivity index (χ3n) is 3.35. The molecule has 3 N–H and O–H groups in total. The van der Waals surface area contributed by atoms with Gasteiger partial charge in [0, 0.05) is 36.1 Å². The quantitative estimate of drug-likeness (QED) is 0.889. The standard InChI is InChI=1S/C13H16N4.C2HF3O2/c14-5-11-7-16-17(9-11)8-10-1-4-13(15-6-10)12-2-3-12;3-2(4,5)1(6)7/h1,4,6-7,9,12H,2-3,5,8,14H2;(H,6,7). The number of alkyl halides is 3. The normalized spacial score (nSPS) is 14.0. The first-order valence-electron chi connectivity index (χ1n) is 7.26. The highest BCUT2D eigenvalue weighted by Gasteiger charge is 2.38. The molecule has 0 amide bonds. The van der Waals surface area contributed by atoms with E-state index in [1.807, 2.05) is 23.3 Å². The Morgan fingerprint density at radius 1 is 1.29 bits per heavy atom. The van der Waals surface area contributed by atoms with E-state index in [9.17, 15) is 13.2 Å². The number of aromatic nitrogens is 3. The van der Waals surface area contributed by atoms with E-state index in [4.69, 9.17) is 15.6 Å². The summed E-state index contributed by atoms with van der Waals surface area (Å²) in [5, 5.41) is 11.4. The lowest BCUT2D eigenvalue weighted by Gasteiger charge is -2.03. The van der Waals surface area contributed by atoms with Gasteiger partial charge < -0.3 is 10.8 Å². The van der Waals surface area contributed by atoms with E-state index in [0.717, 1.165) is 18.0 Å². The van der Waals surface area contributed by atoms with Crippen LogP contribution >= 0.6 is 0 Å². The zero-order chi connectivity index (χ0) is 17.7. The van der Waals surface area contributed by atoms with Crippen LogP contribution in [0.25, 0.3) is 0 Å². The molecule has 2 aromatic heterocycles. The highest BCUT2D eigenvalue weighted by atomic mass is 19.4. The largest absolute Gasteiger partial charge is 0.490 e. The van der Waals surface area contributed by atoms with Crippen LogP contribution in [0.2, 0.25) is 0 Å². The lowest BCUT2D eigenvalue weighted by Crippen LogP contribution is -2.21. The maximum atomic E-state index is 10.6. The smallest absolute Gasteiger partial charge is 0.475 e. The van der Waals surface area contributed by atoms with Gasteiger partial charge in [0.1, 0.15) is 0 Å². The summed E-state index contributed by atoms with van der Waals surface area (Å²) < 4.78 is 33.6. The van der Waals surface area contributed by atoms with Crippen molar-refractivity contribution in [1.29, 1.82) is 0 Å². The minimum absolute atomic E-state index is 0.541. The van der Waals surface area contributed by atoms with E-state index in [-0.39, 0.29) is 0 Å². The fourth-order valence-electron chi connectivity index (χ4n) is 1.94. The molecule has 1 aliphatic rings. The highest BCUT2D eigenvalue weighted by Crippen LogP contribution is 2.38. The van der Waals surface area contributed by atoms with Crippen LogP contribution in [-0.4, -0.2) is 32.0 Å². The van der Waals surface area contributed by atoms with Crippen LogP contribution < -0.4 is 5.73 Å². The zero-order valence-electron chi connectivity index (χ0n) is 12.7. The van der Waals surface area contributed by atoms with Crippen molar-refractivity contribution in [2.45, 2.75) is 38.0 Å². The van der Waals surface area contributed by atoms with Crippen molar-refractivity contribution in [1.82, 2.24) is 14.8 Å². The molecular formula is C15H17F3N4O2. The Morgan fingerprint density at radius 2 is 1.96 bits per heavy atom. The van der Waals surface area contributed by atoms with Crippen molar-refractivity contribution in [3.63, 3.8) is 0 Å². The van der Waals surface area contributed by atoms with Gasteiger partial charge in [-0.2, -0.15) is 18.3 Å². The number of aliphatic carboxylic acids is 1. The minimum atomic E-state index is -5.08. The van der Waals surface area contributed by atoms with Gasteiger partial charge in [0.25, 0.3) is 0 Å². The van der Waals surface area contributed by atoms with E-state index < -0.39 is 12.1 Å². The number of pyridine rings is 1. The summed E-state index contributed by atoms with van der Waals surface area (Å²) in [7, 11) is 0. The number of carboxylic acids is 1. The fourth-order valence-corrected chi connectivity index (χ4v) is 1.94. The van der Waals surface area contributed by atoms with Gasteiger partial charge in [-0.05, 0) is 24.5 Å². The number of halogens is 3. The summed E-state index contributed by atoms with van der Waals surface area (Å²) in [6, 6.07) is 4.28. The van der Waals surface area contributed by atoms with Crippen LogP contribution in [0.3, 0.4) is 0 Å². The van der Waals surface area contributed by atoms with Crippen LogP contribution in [-0.2, 0) is 17.9 Å². The number of hydrogen-bond donors (Lipinski definition) is 2. The molecule has 0 unspecified atom stereocenters. The average molecular weight is 342 g/mol. The Balaban J connectivity index is 0.000000256. The molecule has 130 valence electrons. The first-order valence-corrected chi connectivity index (χ1v) is 7.26. The topological polar surface area (TPSA) is 94.0 Å². The van der Waals surface area contributed by atoms with Gasteiger partial charge in [0.2, 0.25) is 0 Å². The molecule has 0 saturated heterocycles. The van der Waals surface area contributed by atoms with Crippen molar-refractivity contribution in [3.8, 4) is 0 Å². The molecule has 0 aliphatic heterocycles. The molecule has 1 aliphatic carbocycles. The molecule has 3 rings (SSSR count). The Labute approximate surface area is 136 Å². The van der Waals surface area contributed by atoms with Gasteiger partial charge in [-0.25, -0.2) is 4.79 Å². The summed E-state index contributed by atoms with van der Waals surface area (Å²) in [5.41, 5.74) is 9.03. The van der Waals surface area contributed by atoms with Crippen molar-refractivity contribution in [3.05, 3.63) is 47.5 Å². The van der Waals surface area contributed by atoms with E-state index in [2.05, 4.69) is 22.2 Å².